The van der Waals surface area contributed by atoms with Crippen LogP contribution in [0, 0.1) is 11.3 Å². The maximum atomic E-state index is 13.6. The molecule has 7 nitrogen and oxygen atoms in total. The molecule has 1 aliphatic heterocycles. The summed E-state index contributed by atoms with van der Waals surface area (Å²) in [5, 5.41) is 4.34. The summed E-state index contributed by atoms with van der Waals surface area (Å²) in [5.74, 6) is 0.218. The number of rotatable bonds is 8. The summed E-state index contributed by atoms with van der Waals surface area (Å²) >= 11 is 1.47. The fraction of sp³-hybridized carbons (Fsp3) is 0.531. The maximum absolute atomic E-state index is 13.6. The number of hydrogen-bond donors (Lipinski definition) is 1. The van der Waals surface area contributed by atoms with Crippen LogP contribution in [0.25, 0.3) is 10.2 Å². The minimum atomic E-state index is -0.336. The first-order valence-electron chi connectivity index (χ1n) is 14.5. The molecule has 0 saturated carbocycles. The van der Waals surface area contributed by atoms with E-state index in [2.05, 4.69) is 37.1 Å². The quantitative estimate of drug-likeness (QED) is 0.348. The highest BCUT2D eigenvalue weighted by Gasteiger charge is 2.30. The first-order valence-corrected chi connectivity index (χ1v) is 15.3. The van der Waals surface area contributed by atoms with Gasteiger partial charge in [0.25, 0.3) is 5.91 Å². The van der Waals surface area contributed by atoms with Crippen LogP contribution < -0.4 is 5.32 Å². The van der Waals surface area contributed by atoms with Crippen molar-refractivity contribution in [2.24, 2.45) is 11.3 Å². The zero-order valence-electron chi connectivity index (χ0n) is 24.1. The Morgan fingerprint density at radius 3 is 2.62 bits per heavy atom. The van der Waals surface area contributed by atoms with Crippen LogP contribution in [0.5, 0.6) is 0 Å². The van der Waals surface area contributed by atoms with E-state index in [9.17, 15) is 9.59 Å². The second-order valence-electron chi connectivity index (χ2n) is 12.0. The number of aryl methyl sites for hydroxylation is 1. The zero-order chi connectivity index (χ0) is 28.3. The second kappa shape index (κ2) is 12.4. The SMILES string of the molecule is CCOC(=O)c1ccc(C(CCN2CCOCC2)NC(=O)c2cc3cc4c(nc3s2)CC[C@H](C(C)(C)C)C4)cc1. The fourth-order valence-electron chi connectivity index (χ4n) is 5.73. The third-order valence-electron chi connectivity index (χ3n) is 8.29. The number of carbonyl (C=O) groups excluding carboxylic acids is 2. The third-order valence-corrected chi connectivity index (χ3v) is 9.33. The minimum Gasteiger partial charge on any atom is -0.462 e. The topological polar surface area (TPSA) is 80.8 Å². The molecule has 8 heteroatoms. The first-order chi connectivity index (χ1) is 19.2. The summed E-state index contributed by atoms with van der Waals surface area (Å²) in [7, 11) is 0. The van der Waals surface area contributed by atoms with Crippen molar-refractivity contribution in [3.63, 3.8) is 0 Å². The molecule has 2 aromatic heterocycles. The molecule has 1 aliphatic carbocycles. The van der Waals surface area contributed by atoms with Gasteiger partial charge in [0, 0.05) is 30.7 Å². The number of nitrogens with one attached hydrogen (secondary N) is 1. The van der Waals surface area contributed by atoms with Crippen molar-refractivity contribution in [1.29, 1.82) is 0 Å². The predicted molar refractivity (Wildman–Crippen MR) is 159 cm³/mol. The molecule has 1 aromatic carbocycles. The van der Waals surface area contributed by atoms with E-state index in [1.54, 1.807) is 19.1 Å². The van der Waals surface area contributed by atoms with Crippen molar-refractivity contribution in [2.75, 3.05) is 39.5 Å². The molecular weight excluding hydrogens is 522 g/mol. The molecular formula is C32H41N3O4S. The molecule has 2 atom stereocenters. The number of aromatic nitrogens is 1. The molecule has 0 bridgehead atoms. The number of pyridine rings is 1. The standard InChI is InChI=1S/C32H41N3O4S/c1-5-39-31(37)22-8-6-21(7-9-22)27(12-13-35-14-16-38-17-15-35)33-29(36)28-20-24-18-23-19-25(32(2,3)4)10-11-26(23)34-30(24)40-28/h6-9,18,20,25,27H,5,10-17,19H2,1-4H3,(H,33,36)/t25-,27?/m0/s1. The lowest BCUT2D eigenvalue weighted by atomic mass is 9.71. The van der Waals surface area contributed by atoms with E-state index in [1.807, 2.05) is 18.2 Å². The average Bonchev–Trinajstić information content (AvgIpc) is 3.37. The fourth-order valence-corrected chi connectivity index (χ4v) is 6.67. The number of benzene rings is 1. The van der Waals surface area contributed by atoms with Crippen molar-refractivity contribution in [1.82, 2.24) is 15.2 Å². The van der Waals surface area contributed by atoms with E-state index in [-0.39, 0.29) is 23.3 Å². The zero-order valence-corrected chi connectivity index (χ0v) is 24.9. The lowest BCUT2D eigenvalue weighted by molar-refractivity contribution is 0.0360. The number of morpholine rings is 1. The van der Waals surface area contributed by atoms with E-state index in [0.717, 1.165) is 74.3 Å². The number of thiophene rings is 1. The second-order valence-corrected chi connectivity index (χ2v) is 13.0. The Kier molecular flexibility index (Phi) is 8.88. The Balaban J connectivity index is 1.34. The van der Waals surface area contributed by atoms with Crippen LogP contribution >= 0.6 is 11.3 Å². The molecule has 3 aromatic rings. The van der Waals surface area contributed by atoms with Crippen molar-refractivity contribution in [3.8, 4) is 0 Å². The van der Waals surface area contributed by atoms with Crippen molar-refractivity contribution in [2.45, 2.75) is 59.4 Å². The highest BCUT2D eigenvalue weighted by atomic mass is 32.1. The average molecular weight is 564 g/mol. The van der Waals surface area contributed by atoms with E-state index in [0.29, 0.717) is 23.0 Å². The van der Waals surface area contributed by atoms with E-state index >= 15 is 0 Å². The van der Waals surface area contributed by atoms with Gasteiger partial charge in [-0.2, -0.15) is 0 Å². The number of amides is 1. The van der Waals surface area contributed by atoms with Crippen LogP contribution in [-0.4, -0.2) is 61.2 Å². The molecule has 5 rings (SSSR count). The van der Waals surface area contributed by atoms with Gasteiger partial charge in [0.2, 0.25) is 0 Å². The number of esters is 1. The summed E-state index contributed by atoms with van der Waals surface area (Å²) in [6.45, 7) is 13.2. The Bertz CT molecular complexity index is 1340. The molecule has 214 valence electrons. The summed E-state index contributed by atoms with van der Waals surface area (Å²) < 4.78 is 10.6. The Hall–Kier alpha value is -2.81. The largest absolute Gasteiger partial charge is 0.462 e. The molecule has 40 heavy (non-hydrogen) atoms. The number of ether oxygens (including phenoxy) is 2. The van der Waals surface area contributed by atoms with Crippen LogP contribution in [0.2, 0.25) is 0 Å². The molecule has 1 saturated heterocycles. The molecule has 0 spiro atoms. The van der Waals surface area contributed by atoms with Gasteiger partial charge in [-0.25, -0.2) is 9.78 Å². The Labute approximate surface area is 241 Å². The van der Waals surface area contributed by atoms with Gasteiger partial charge in [0.1, 0.15) is 4.83 Å². The first kappa shape index (κ1) is 28.7. The number of nitrogens with zero attached hydrogens (tertiary/aromatic N) is 2. The third kappa shape index (κ3) is 6.73. The van der Waals surface area contributed by atoms with Gasteiger partial charge in [-0.15, -0.1) is 11.3 Å². The van der Waals surface area contributed by atoms with E-state index in [4.69, 9.17) is 14.5 Å². The smallest absolute Gasteiger partial charge is 0.338 e. The van der Waals surface area contributed by atoms with Crippen LogP contribution in [0.3, 0.4) is 0 Å². The van der Waals surface area contributed by atoms with Crippen molar-refractivity contribution < 1.29 is 19.1 Å². The van der Waals surface area contributed by atoms with E-state index < -0.39 is 0 Å². The van der Waals surface area contributed by atoms with Gasteiger partial charge < -0.3 is 14.8 Å². The van der Waals surface area contributed by atoms with Crippen LogP contribution in [0.15, 0.2) is 36.4 Å². The van der Waals surface area contributed by atoms with Crippen LogP contribution in [0.1, 0.15) is 83.4 Å². The molecule has 0 radical (unpaired) electrons. The number of fused-ring (bicyclic) bond motifs is 2. The highest BCUT2D eigenvalue weighted by molar-refractivity contribution is 7.20. The van der Waals surface area contributed by atoms with E-state index in [1.165, 1.54) is 22.6 Å². The van der Waals surface area contributed by atoms with Gasteiger partial charge >= 0.3 is 5.97 Å². The molecule has 1 N–H and O–H groups in total. The predicted octanol–water partition coefficient (Wildman–Crippen LogP) is 5.82. The normalized spacial score (nSPS) is 18.8. The molecule has 2 aliphatic rings. The lowest BCUT2D eigenvalue weighted by Gasteiger charge is -2.34. The summed E-state index contributed by atoms with van der Waals surface area (Å²) in [6, 6.07) is 11.5. The van der Waals surface area contributed by atoms with Crippen molar-refractivity contribution in [3.05, 3.63) is 63.7 Å². The van der Waals surface area contributed by atoms with Crippen LogP contribution in [-0.2, 0) is 22.3 Å². The molecule has 3 heterocycles. The Morgan fingerprint density at radius 1 is 1.18 bits per heavy atom. The van der Waals surface area contributed by atoms with Crippen molar-refractivity contribution >= 4 is 33.4 Å². The van der Waals surface area contributed by atoms with Gasteiger partial charge in [0.05, 0.1) is 36.3 Å². The van der Waals surface area contributed by atoms with Crippen LogP contribution in [0.4, 0.5) is 0 Å². The molecule has 1 amide bonds. The summed E-state index contributed by atoms with van der Waals surface area (Å²) in [5.41, 5.74) is 4.27. The van der Waals surface area contributed by atoms with Gasteiger partial charge in [-0.3, -0.25) is 9.69 Å². The maximum Gasteiger partial charge on any atom is 0.338 e. The van der Waals surface area contributed by atoms with Gasteiger partial charge in [0.15, 0.2) is 0 Å². The number of hydrogen-bond acceptors (Lipinski definition) is 7. The molecule has 1 unspecified atom stereocenters. The monoisotopic (exact) mass is 563 g/mol. The lowest BCUT2D eigenvalue weighted by Crippen LogP contribution is -2.39. The number of carbonyl (C=O) groups is 2. The highest BCUT2D eigenvalue weighted by Crippen LogP contribution is 2.38. The van der Waals surface area contributed by atoms with Gasteiger partial charge in [-0.05, 0) is 79.3 Å². The van der Waals surface area contributed by atoms with Gasteiger partial charge in [-0.1, -0.05) is 32.9 Å². The Morgan fingerprint density at radius 2 is 1.93 bits per heavy atom. The molecule has 1 fully saturated rings. The minimum absolute atomic E-state index is 0.0880. The summed E-state index contributed by atoms with van der Waals surface area (Å²) in [4.78, 5) is 34.7. The summed E-state index contributed by atoms with van der Waals surface area (Å²) in [6.07, 6.45) is 3.96.